The van der Waals surface area contributed by atoms with Crippen LogP contribution in [0.25, 0.3) is 22.2 Å². The number of thiophene rings is 1. The molecular formula is C20H14N4O7S2. The van der Waals surface area contributed by atoms with Gasteiger partial charge >= 0.3 is 12.0 Å². The van der Waals surface area contributed by atoms with Crippen molar-refractivity contribution in [1.29, 1.82) is 0 Å². The number of rotatable bonds is 5. The number of hydrogen-bond donors (Lipinski definition) is 5. The van der Waals surface area contributed by atoms with Crippen molar-refractivity contribution in [2.24, 2.45) is 0 Å². The maximum absolute atomic E-state index is 12.8. The molecule has 0 saturated carbocycles. The molecule has 168 valence electrons. The summed E-state index contributed by atoms with van der Waals surface area (Å²) in [6.45, 7) is 0. The number of H-pyrrole nitrogens is 1. The third kappa shape index (κ3) is 4.26. The van der Waals surface area contributed by atoms with E-state index in [1.807, 2.05) is 4.72 Å². The Kier molecular flexibility index (Phi) is 5.57. The Morgan fingerprint density at radius 1 is 1.06 bits per heavy atom. The quantitative estimate of drug-likeness (QED) is 0.285. The van der Waals surface area contributed by atoms with Gasteiger partial charge in [-0.2, -0.15) is 0 Å². The topological polar surface area (TPSA) is 179 Å². The number of urea groups is 1. The van der Waals surface area contributed by atoms with Gasteiger partial charge in [-0.1, -0.05) is 36.4 Å². The fourth-order valence-corrected chi connectivity index (χ4v) is 4.98. The first-order valence-electron chi connectivity index (χ1n) is 9.12. The van der Waals surface area contributed by atoms with Crippen LogP contribution in [0.4, 0.5) is 10.5 Å². The van der Waals surface area contributed by atoms with Gasteiger partial charge in [-0.25, -0.2) is 27.7 Å². The minimum atomic E-state index is -4.24. The normalized spacial score (nSPS) is 11.3. The highest BCUT2D eigenvalue weighted by Crippen LogP contribution is 2.30. The summed E-state index contributed by atoms with van der Waals surface area (Å²) < 4.78 is 27.6. The van der Waals surface area contributed by atoms with E-state index in [0.29, 0.717) is 10.8 Å². The zero-order valence-electron chi connectivity index (χ0n) is 16.4. The van der Waals surface area contributed by atoms with Crippen LogP contribution in [0.15, 0.2) is 62.9 Å². The number of carbonyl (C=O) groups is 2. The minimum Gasteiger partial charge on any atom is -0.501 e. The van der Waals surface area contributed by atoms with Crippen molar-refractivity contribution in [3.05, 3.63) is 69.3 Å². The van der Waals surface area contributed by atoms with Gasteiger partial charge in [0.15, 0.2) is 5.69 Å². The van der Waals surface area contributed by atoms with Crippen molar-refractivity contribution in [1.82, 2.24) is 14.7 Å². The molecule has 0 unspecified atom stereocenters. The number of fused-ring (bicyclic) bond motifs is 1. The van der Waals surface area contributed by atoms with Crippen molar-refractivity contribution in [3.8, 4) is 17.1 Å². The average molecular weight is 486 g/mol. The number of aromatic hydroxyl groups is 1. The van der Waals surface area contributed by atoms with Gasteiger partial charge < -0.3 is 20.5 Å². The summed E-state index contributed by atoms with van der Waals surface area (Å²) in [6.07, 6.45) is 0. The molecule has 0 atom stereocenters. The lowest BCUT2D eigenvalue weighted by molar-refractivity contribution is 0.0686. The molecule has 0 fully saturated rings. The van der Waals surface area contributed by atoms with Crippen molar-refractivity contribution in [2.45, 2.75) is 4.90 Å². The third-order valence-corrected chi connectivity index (χ3v) is 6.66. The van der Waals surface area contributed by atoms with Crippen LogP contribution in [0.2, 0.25) is 0 Å². The Morgan fingerprint density at radius 3 is 2.55 bits per heavy atom. The molecule has 4 rings (SSSR count). The molecule has 0 aliphatic heterocycles. The number of nitrogens with zero attached hydrogens (tertiary/aromatic N) is 1. The second-order valence-corrected chi connectivity index (χ2v) is 9.05. The van der Waals surface area contributed by atoms with Crippen LogP contribution in [0.3, 0.4) is 0 Å². The number of sulfonamides is 1. The molecule has 0 saturated heterocycles. The van der Waals surface area contributed by atoms with E-state index in [-0.39, 0.29) is 22.0 Å². The highest BCUT2D eigenvalue weighted by atomic mass is 32.2. The number of nitrogens with one attached hydrogen (secondary N) is 3. The van der Waals surface area contributed by atoms with Crippen LogP contribution >= 0.6 is 11.3 Å². The summed E-state index contributed by atoms with van der Waals surface area (Å²) in [6, 6.07) is 10.4. The van der Waals surface area contributed by atoms with Crippen molar-refractivity contribution >= 4 is 49.8 Å². The van der Waals surface area contributed by atoms with Gasteiger partial charge in [-0.05, 0) is 11.5 Å². The molecule has 4 aromatic rings. The van der Waals surface area contributed by atoms with Gasteiger partial charge in [0.2, 0.25) is 5.75 Å². The Morgan fingerprint density at radius 2 is 1.79 bits per heavy atom. The summed E-state index contributed by atoms with van der Waals surface area (Å²) >= 11 is 1.08. The number of aromatic carboxylic acids is 1. The van der Waals surface area contributed by atoms with Gasteiger partial charge in [0.05, 0.1) is 16.1 Å². The predicted molar refractivity (Wildman–Crippen MR) is 120 cm³/mol. The molecule has 0 radical (unpaired) electrons. The van der Waals surface area contributed by atoms with Crippen LogP contribution in [-0.4, -0.2) is 40.6 Å². The molecule has 11 nitrogen and oxygen atoms in total. The zero-order valence-corrected chi connectivity index (χ0v) is 18.0. The molecule has 0 bridgehead atoms. The minimum absolute atomic E-state index is 0.0656. The number of carbonyl (C=O) groups excluding carboxylic acids is 1. The maximum Gasteiger partial charge on any atom is 0.358 e. The molecule has 0 spiro atoms. The second-order valence-electron chi connectivity index (χ2n) is 6.65. The van der Waals surface area contributed by atoms with E-state index in [1.165, 1.54) is 16.8 Å². The van der Waals surface area contributed by atoms with E-state index in [9.17, 15) is 27.9 Å². The van der Waals surface area contributed by atoms with E-state index in [2.05, 4.69) is 15.3 Å². The molecule has 13 heteroatoms. The molecule has 2 aromatic heterocycles. The van der Waals surface area contributed by atoms with Crippen molar-refractivity contribution in [3.63, 3.8) is 0 Å². The Balaban J connectivity index is 1.62. The lowest BCUT2D eigenvalue weighted by Crippen LogP contribution is -2.34. The van der Waals surface area contributed by atoms with Crippen LogP contribution in [0, 0.1) is 0 Å². The largest absolute Gasteiger partial charge is 0.501 e. The van der Waals surface area contributed by atoms with E-state index in [1.54, 1.807) is 36.4 Å². The number of aromatic amines is 1. The Bertz CT molecular complexity index is 1570. The molecular weight excluding hydrogens is 472 g/mol. The number of carboxylic acids is 1. The molecule has 5 N–H and O–H groups in total. The lowest BCUT2D eigenvalue weighted by atomic mass is 10.1. The third-order valence-electron chi connectivity index (χ3n) is 4.53. The highest BCUT2D eigenvalue weighted by molar-refractivity contribution is 7.90. The first-order valence-corrected chi connectivity index (χ1v) is 11.5. The Labute approximate surface area is 189 Å². The highest BCUT2D eigenvalue weighted by Gasteiger charge is 2.23. The molecule has 2 aromatic carbocycles. The maximum atomic E-state index is 12.8. The number of hydrogen-bond acceptors (Lipinski definition) is 8. The van der Waals surface area contributed by atoms with Crippen molar-refractivity contribution < 1.29 is 28.2 Å². The number of amides is 2. The van der Waals surface area contributed by atoms with Crippen LogP contribution in [0.1, 0.15) is 10.5 Å². The average Bonchev–Trinajstić information content (AvgIpc) is 3.22. The standard InChI is InChI=1S/C20H14N4O7S2/c25-16-15(19(27)28)22-17(23-18(16)26)12-8-32-9-13(12)21-20(29)24-33(30,31)14-7-3-5-10-4-1-2-6-11(10)14/h1-9,25H,(H,27,28)(H2,21,24,29)(H,22,23,26). The number of carboxylic acid groups (broad SMARTS) is 1. The summed E-state index contributed by atoms with van der Waals surface area (Å²) in [4.78, 5) is 41.4. The Hall–Kier alpha value is -4.23. The first-order chi connectivity index (χ1) is 15.7. The van der Waals surface area contributed by atoms with E-state index >= 15 is 0 Å². The van der Waals surface area contributed by atoms with Crippen LogP contribution in [-0.2, 0) is 10.0 Å². The van der Waals surface area contributed by atoms with E-state index in [4.69, 9.17) is 5.11 Å². The smallest absolute Gasteiger partial charge is 0.358 e. The molecule has 2 heterocycles. The summed E-state index contributed by atoms with van der Waals surface area (Å²) in [5.41, 5.74) is -1.76. The predicted octanol–water partition coefficient (Wildman–Crippen LogP) is 2.57. The summed E-state index contributed by atoms with van der Waals surface area (Å²) in [5.74, 6) is -2.91. The molecule has 0 aliphatic carbocycles. The second kappa shape index (κ2) is 8.37. The molecule has 33 heavy (non-hydrogen) atoms. The van der Waals surface area contributed by atoms with Crippen LogP contribution < -0.4 is 15.6 Å². The monoisotopic (exact) mass is 486 g/mol. The van der Waals surface area contributed by atoms with E-state index in [0.717, 1.165) is 11.3 Å². The fraction of sp³-hybridized carbons (Fsp3) is 0. The van der Waals surface area contributed by atoms with Gasteiger partial charge in [-0.3, -0.25) is 4.79 Å². The molecule has 0 aliphatic rings. The van der Waals surface area contributed by atoms with Gasteiger partial charge in [0.1, 0.15) is 5.82 Å². The van der Waals surface area contributed by atoms with Crippen molar-refractivity contribution in [2.75, 3.05) is 5.32 Å². The SMILES string of the molecule is O=C(Nc1cscc1-c1nc(C(=O)O)c(O)c(=O)[nH]1)NS(=O)(=O)c1cccc2ccccc12. The number of benzene rings is 2. The summed E-state index contributed by atoms with van der Waals surface area (Å²) in [7, 11) is -4.24. The van der Waals surface area contributed by atoms with Gasteiger partial charge in [0, 0.05) is 16.1 Å². The fourth-order valence-electron chi connectivity index (χ4n) is 3.08. The van der Waals surface area contributed by atoms with Crippen LogP contribution in [0.5, 0.6) is 5.75 Å². The van der Waals surface area contributed by atoms with E-state index < -0.39 is 39.0 Å². The number of anilines is 1. The molecule has 2 amide bonds. The van der Waals surface area contributed by atoms with Gasteiger partial charge in [-0.15, -0.1) is 11.3 Å². The summed E-state index contributed by atoms with van der Waals surface area (Å²) in [5, 5.41) is 25.1. The number of aromatic nitrogens is 2. The lowest BCUT2D eigenvalue weighted by Gasteiger charge is -2.11. The van der Waals surface area contributed by atoms with Gasteiger partial charge in [0.25, 0.3) is 15.6 Å². The zero-order chi connectivity index (χ0) is 23.8. The first kappa shape index (κ1) is 22.0.